The Morgan fingerprint density at radius 2 is 1.93 bits per heavy atom. The van der Waals surface area contributed by atoms with Crippen molar-refractivity contribution in [1.82, 2.24) is 19.7 Å². The van der Waals surface area contributed by atoms with Gasteiger partial charge in [0.05, 0.1) is 18.9 Å². The van der Waals surface area contributed by atoms with E-state index < -0.39 is 0 Å². The molecule has 1 aliphatic heterocycles. The third-order valence-electron chi connectivity index (χ3n) is 4.62. The first-order valence-electron chi connectivity index (χ1n) is 9.13. The fourth-order valence-electron chi connectivity index (χ4n) is 3.00. The van der Waals surface area contributed by atoms with Crippen LogP contribution in [0.5, 0.6) is 0 Å². The Morgan fingerprint density at radius 1 is 1.15 bits per heavy atom. The van der Waals surface area contributed by atoms with E-state index in [-0.39, 0.29) is 0 Å². The number of hydrogen-bond acceptors (Lipinski definition) is 7. The molecule has 4 rings (SSSR count). The molecule has 0 amide bonds. The molecule has 1 saturated heterocycles. The van der Waals surface area contributed by atoms with E-state index in [0.29, 0.717) is 0 Å². The van der Waals surface area contributed by atoms with Crippen molar-refractivity contribution >= 4 is 29.0 Å². The second-order valence-corrected chi connectivity index (χ2v) is 8.22. The predicted molar refractivity (Wildman–Crippen MR) is 111 cm³/mol. The van der Waals surface area contributed by atoms with E-state index in [0.717, 1.165) is 60.3 Å². The summed E-state index contributed by atoms with van der Waals surface area (Å²) in [7, 11) is 2.02. The van der Waals surface area contributed by atoms with Crippen molar-refractivity contribution in [2.45, 2.75) is 24.3 Å². The first-order chi connectivity index (χ1) is 13.2. The van der Waals surface area contributed by atoms with Crippen molar-refractivity contribution in [3.05, 3.63) is 40.9 Å². The molecule has 0 radical (unpaired) electrons. The largest absolute Gasteiger partial charge is 0.378 e. The van der Waals surface area contributed by atoms with Crippen LogP contribution < -0.4 is 4.90 Å². The van der Waals surface area contributed by atoms with Gasteiger partial charge in [-0.05, 0) is 12.0 Å². The van der Waals surface area contributed by atoms with Gasteiger partial charge in [0.2, 0.25) is 5.95 Å². The molecule has 1 fully saturated rings. The van der Waals surface area contributed by atoms with Gasteiger partial charge in [-0.3, -0.25) is 4.57 Å². The molecule has 0 unspecified atom stereocenters. The molecule has 0 atom stereocenters. The van der Waals surface area contributed by atoms with Crippen LogP contribution in [0.15, 0.2) is 34.8 Å². The first-order valence-corrected chi connectivity index (χ1v) is 11.0. The van der Waals surface area contributed by atoms with E-state index in [1.807, 2.05) is 7.05 Å². The van der Waals surface area contributed by atoms with Gasteiger partial charge in [0.25, 0.3) is 0 Å². The molecule has 2 aromatic heterocycles. The highest BCUT2D eigenvalue weighted by atomic mass is 32.2. The molecule has 6 nitrogen and oxygen atoms in total. The number of morpholine rings is 1. The predicted octanol–water partition coefficient (Wildman–Crippen LogP) is 3.63. The lowest BCUT2D eigenvalue weighted by Gasteiger charge is -2.27. The van der Waals surface area contributed by atoms with Crippen LogP contribution in [-0.2, 0) is 24.0 Å². The van der Waals surface area contributed by atoms with E-state index in [1.54, 1.807) is 23.1 Å². The highest BCUT2D eigenvalue weighted by molar-refractivity contribution is 7.98. The van der Waals surface area contributed by atoms with Crippen molar-refractivity contribution in [2.24, 2.45) is 7.05 Å². The van der Waals surface area contributed by atoms with E-state index in [2.05, 4.69) is 56.2 Å². The minimum Gasteiger partial charge on any atom is -0.378 e. The quantitative estimate of drug-likeness (QED) is 0.588. The van der Waals surface area contributed by atoms with Crippen LogP contribution in [-0.4, -0.2) is 46.1 Å². The average Bonchev–Trinajstić information content (AvgIpc) is 3.34. The zero-order valence-electron chi connectivity index (χ0n) is 15.6. The van der Waals surface area contributed by atoms with E-state index in [4.69, 9.17) is 9.72 Å². The van der Waals surface area contributed by atoms with Gasteiger partial charge in [-0.15, -0.1) is 21.5 Å². The summed E-state index contributed by atoms with van der Waals surface area (Å²) in [6.45, 7) is 5.39. The highest BCUT2D eigenvalue weighted by Gasteiger charge is 2.18. The van der Waals surface area contributed by atoms with Gasteiger partial charge < -0.3 is 9.64 Å². The zero-order valence-corrected chi connectivity index (χ0v) is 17.2. The number of hydrogen-bond donors (Lipinski definition) is 0. The first kappa shape index (κ1) is 18.5. The summed E-state index contributed by atoms with van der Waals surface area (Å²) >= 11 is 3.37. The Labute approximate surface area is 167 Å². The van der Waals surface area contributed by atoms with Crippen LogP contribution >= 0.6 is 23.1 Å². The summed E-state index contributed by atoms with van der Waals surface area (Å²) in [5.41, 5.74) is 3.61. The monoisotopic (exact) mass is 401 g/mol. The second kappa shape index (κ2) is 8.41. The van der Waals surface area contributed by atoms with Crippen LogP contribution in [0.3, 0.4) is 0 Å². The number of nitrogens with zero attached hydrogens (tertiary/aromatic N) is 5. The van der Waals surface area contributed by atoms with Crippen molar-refractivity contribution in [2.75, 3.05) is 31.2 Å². The molecule has 0 saturated carbocycles. The van der Waals surface area contributed by atoms with E-state index in [9.17, 15) is 0 Å². The lowest BCUT2D eigenvalue weighted by atomic mass is 10.1. The summed E-state index contributed by atoms with van der Waals surface area (Å²) < 4.78 is 7.48. The van der Waals surface area contributed by atoms with Gasteiger partial charge in [0.15, 0.2) is 5.16 Å². The van der Waals surface area contributed by atoms with Gasteiger partial charge in [-0.25, -0.2) is 4.98 Å². The van der Waals surface area contributed by atoms with Crippen LogP contribution in [0.25, 0.3) is 10.6 Å². The summed E-state index contributed by atoms with van der Waals surface area (Å²) in [5.74, 6) is 1.70. The number of anilines is 1. The topological polar surface area (TPSA) is 56.1 Å². The van der Waals surface area contributed by atoms with Gasteiger partial charge in [-0.2, -0.15) is 0 Å². The molecule has 142 valence electrons. The van der Waals surface area contributed by atoms with Crippen molar-refractivity contribution in [3.63, 3.8) is 0 Å². The summed E-state index contributed by atoms with van der Waals surface area (Å²) in [5, 5.41) is 12.8. The maximum Gasteiger partial charge on any atom is 0.227 e. The summed E-state index contributed by atoms with van der Waals surface area (Å²) in [6.07, 6.45) is 1.06. The molecule has 3 heterocycles. The fourth-order valence-corrected chi connectivity index (χ4v) is 4.73. The standard InChI is InChI=1S/C19H23N5OS2/c1-3-14-4-6-15(7-5-14)17-20-16(12-26-17)13-27-19-22-21-18(23(19)2)24-8-10-25-11-9-24/h4-7,12H,3,8-11,13H2,1-2H3. The van der Waals surface area contributed by atoms with Gasteiger partial charge in [-0.1, -0.05) is 43.0 Å². The Balaban J connectivity index is 1.40. The van der Waals surface area contributed by atoms with Crippen LogP contribution in [0.4, 0.5) is 5.95 Å². The van der Waals surface area contributed by atoms with Gasteiger partial charge >= 0.3 is 0 Å². The maximum absolute atomic E-state index is 5.41. The molecule has 0 spiro atoms. The second-order valence-electron chi connectivity index (χ2n) is 6.42. The van der Waals surface area contributed by atoms with Crippen molar-refractivity contribution < 1.29 is 4.74 Å². The highest BCUT2D eigenvalue weighted by Crippen LogP contribution is 2.28. The number of thiazole rings is 1. The molecular weight excluding hydrogens is 378 g/mol. The number of thioether (sulfide) groups is 1. The SMILES string of the molecule is CCc1ccc(-c2nc(CSc3nnc(N4CCOCC4)n3C)cs2)cc1. The number of rotatable bonds is 6. The van der Waals surface area contributed by atoms with Crippen molar-refractivity contribution in [3.8, 4) is 10.6 Å². The smallest absolute Gasteiger partial charge is 0.227 e. The average molecular weight is 402 g/mol. The maximum atomic E-state index is 5.41. The Bertz CT molecular complexity index is 884. The molecule has 0 N–H and O–H groups in total. The normalized spacial score (nSPS) is 14.7. The third kappa shape index (κ3) is 4.17. The summed E-state index contributed by atoms with van der Waals surface area (Å²) in [4.78, 5) is 7.01. The zero-order chi connectivity index (χ0) is 18.6. The molecule has 0 aliphatic carbocycles. The molecule has 27 heavy (non-hydrogen) atoms. The van der Waals surface area contributed by atoms with Gasteiger partial charge in [0, 0.05) is 36.8 Å². The summed E-state index contributed by atoms with van der Waals surface area (Å²) in [6, 6.07) is 8.67. The Kier molecular flexibility index (Phi) is 5.75. The van der Waals surface area contributed by atoms with Crippen LogP contribution in [0, 0.1) is 0 Å². The Morgan fingerprint density at radius 3 is 2.67 bits per heavy atom. The number of benzene rings is 1. The molecule has 3 aromatic rings. The molecule has 8 heteroatoms. The minimum atomic E-state index is 0.746. The molecule has 1 aliphatic rings. The van der Waals surface area contributed by atoms with Gasteiger partial charge in [0.1, 0.15) is 5.01 Å². The van der Waals surface area contributed by atoms with Crippen molar-refractivity contribution in [1.29, 1.82) is 0 Å². The number of aromatic nitrogens is 4. The molecule has 0 bridgehead atoms. The van der Waals surface area contributed by atoms with Crippen LogP contribution in [0.2, 0.25) is 0 Å². The molecule has 1 aromatic carbocycles. The van der Waals surface area contributed by atoms with E-state index in [1.165, 1.54) is 11.1 Å². The van der Waals surface area contributed by atoms with E-state index >= 15 is 0 Å². The lowest BCUT2D eigenvalue weighted by Crippen LogP contribution is -2.37. The fraction of sp³-hybridized carbons (Fsp3) is 0.421. The number of aryl methyl sites for hydroxylation is 1. The Hall–Kier alpha value is -1.90. The molecular formula is C19H23N5OS2. The van der Waals surface area contributed by atoms with Crippen LogP contribution in [0.1, 0.15) is 18.2 Å². The third-order valence-corrected chi connectivity index (χ3v) is 6.61. The number of ether oxygens (including phenoxy) is 1. The minimum absolute atomic E-state index is 0.746. The lowest BCUT2D eigenvalue weighted by molar-refractivity contribution is 0.121.